The molecule has 0 aliphatic heterocycles. The number of hydrogen-bond acceptors (Lipinski definition) is 0. The van der Waals surface area contributed by atoms with Crippen molar-refractivity contribution in [2.75, 3.05) is 0 Å². The third kappa shape index (κ3) is 15.5. The van der Waals surface area contributed by atoms with Gasteiger partial charge in [0, 0.05) is 0 Å². The molecule has 0 aromatic heterocycles. The van der Waals surface area contributed by atoms with Crippen LogP contribution in [0.2, 0.25) is 13.1 Å². The third-order valence-corrected chi connectivity index (χ3v) is 2.79. The molecule has 0 atom stereocenters. The van der Waals surface area contributed by atoms with Gasteiger partial charge in [0.2, 0.25) is 0 Å². The smallest absolute Gasteiger partial charge is 1.00 e. The van der Waals surface area contributed by atoms with E-state index in [1.807, 2.05) is 0 Å². The van der Waals surface area contributed by atoms with E-state index in [4.69, 9.17) is 0 Å². The normalized spacial score (nSPS) is 14.5. The summed E-state index contributed by atoms with van der Waals surface area (Å²) in [7, 11) is 0. The summed E-state index contributed by atoms with van der Waals surface area (Å²) in [6.07, 6.45) is 15.4. The summed E-state index contributed by atoms with van der Waals surface area (Å²) >= 11 is 1.45. The molecule has 0 bridgehead atoms. The maximum absolute atomic E-state index is 3.28. The summed E-state index contributed by atoms with van der Waals surface area (Å²) in [5.41, 5.74) is 5.91. The fraction of sp³-hybridized carbons (Fsp3) is 0.556. The van der Waals surface area contributed by atoms with Crippen molar-refractivity contribution in [3.8, 4) is 0 Å². The predicted molar refractivity (Wildman–Crippen MR) is 88.3 cm³/mol. The molecule has 22 heavy (non-hydrogen) atoms. The van der Waals surface area contributed by atoms with Crippen LogP contribution in [0.5, 0.6) is 0 Å². The molecule has 0 amide bonds. The second-order valence-corrected chi connectivity index (χ2v) is 18.2. The molecule has 0 saturated carbocycles. The van der Waals surface area contributed by atoms with Gasteiger partial charge in [0.1, 0.15) is 0 Å². The fourth-order valence-corrected chi connectivity index (χ4v) is 1.76. The van der Waals surface area contributed by atoms with Gasteiger partial charge in [-0.25, -0.2) is 23.3 Å². The van der Waals surface area contributed by atoms with E-state index in [9.17, 15) is 0 Å². The monoisotopic (exact) mass is 522 g/mol. The van der Waals surface area contributed by atoms with Crippen LogP contribution < -0.4 is 24.8 Å². The molecule has 0 nitrogen and oxygen atoms in total. The van der Waals surface area contributed by atoms with Crippen molar-refractivity contribution in [3.63, 3.8) is 0 Å². The summed E-state index contributed by atoms with van der Waals surface area (Å²) in [5.74, 6) is 0. The standard InChI is InChI=1S/2C8H11.C2H6Si.2ClH.Hf/c2*1-3-8-5-4-7(2)6-8;1-3-2;;;/h2*6H,3-4H2,1-2H3;1-2H3;2*1H;/q2*-1;;;;+2/p-2. The van der Waals surface area contributed by atoms with Gasteiger partial charge in [-0.2, -0.15) is 11.1 Å². The number of rotatable bonds is 2. The molecule has 0 saturated heterocycles. The molecule has 0 aromatic rings. The van der Waals surface area contributed by atoms with Crippen molar-refractivity contribution in [2.24, 2.45) is 0 Å². The van der Waals surface area contributed by atoms with E-state index in [-0.39, 0.29) is 30.3 Å². The molecule has 2 aliphatic rings. The Bertz CT molecular complexity index is 406. The molecule has 2 aliphatic carbocycles. The van der Waals surface area contributed by atoms with Crippen LogP contribution >= 0.6 is 0 Å². The molecule has 0 heterocycles. The molecule has 0 aromatic carbocycles. The molecule has 4 heteroatoms. The maximum Gasteiger partial charge on any atom is -1.00 e. The Balaban J connectivity index is -0.000000249. The predicted octanol–water partition coefficient (Wildman–Crippen LogP) is -0.256. The van der Waals surface area contributed by atoms with Crippen LogP contribution in [0.4, 0.5) is 0 Å². The molecular weight excluding hydrogens is 494 g/mol. The van der Waals surface area contributed by atoms with E-state index in [2.05, 4.69) is 65.1 Å². The van der Waals surface area contributed by atoms with Gasteiger partial charge < -0.3 is 24.8 Å². The molecule has 2 rings (SSSR count). The summed E-state index contributed by atoms with van der Waals surface area (Å²) in [6, 6.07) is 0. The summed E-state index contributed by atoms with van der Waals surface area (Å²) in [5, 5.41) is 0. The van der Waals surface area contributed by atoms with Gasteiger partial charge in [-0.15, -0.1) is 12.8 Å². The second-order valence-electron chi connectivity index (χ2n) is 5.45. The van der Waals surface area contributed by atoms with Crippen molar-refractivity contribution in [3.05, 3.63) is 46.6 Å². The maximum atomic E-state index is 3.28. The minimum atomic E-state index is 0. The van der Waals surface area contributed by atoms with Crippen molar-refractivity contribution >= 4 is 5.49 Å². The Labute approximate surface area is 165 Å². The first kappa shape index (κ1) is 27.5. The molecule has 0 spiro atoms. The van der Waals surface area contributed by atoms with Gasteiger partial charge in [-0.05, 0) is 0 Å². The van der Waals surface area contributed by atoms with Crippen LogP contribution in [0.15, 0.2) is 34.4 Å². The minimum Gasteiger partial charge on any atom is -1.00 e. The first-order valence-corrected chi connectivity index (χ1v) is 15.3. The van der Waals surface area contributed by atoms with E-state index >= 15 is 0 Å². The van der Waals surface area contributed by atoms with E-state index in [0.29, 0.717) is 0 Å². The first-order chi connectivity index (χ1) is 9.38. The summed E-state index contributed by atoms with van der Waals surface area (Å²) < 4.78 is 0. The molecular formula is C18H28Cl2HfSi-2. The van der Waals surface area contributed by atoms with Gasteiger partial charge in [-0.1, -0.05) is 40.5 Å². The molecule has 0 unspecified atom stereocenters. The zero-order valence-electron chi connectivity index (χ0n) is 14.7. The van der Waals surface area contributed by atoms with Crippen LogP contribution in [0.3, 0.4) is 0 Å². The van der Waals surface area contributed by atoms with Crippen molar-refractivity contribution < 1.29 is 47.8 Å². The van der Waals surface area contributed by atoms with Crippen molar-refractivity contribution in [1.29, 1.82) is 0 Å². The Morgan fingerprint density at radius 2 is 1.18 bits per heavy atom. The van der Waals surface area contributed by atoms with Crippen molar-refractivity contribution in [2.45, 2.75) is 66.5 Å². The Kier molecular flexibility index (Phi) is 20.6. The average molecular weight is 522 g/mol. The zero-order chi connectivity index (χ0) is 15.5. The van der Waals surface area contributed by atoms with Gasteiger partial charge in [-0.3, -0.25) is 12.2 Å². The van der Waals surface area contributed by atoms with Crippen LogP contribution in [-0.4, -0.2) is 5.49 Å². The number of hydrogen-bond donors (Lipinski definition) is 0. The molecule has 0 radical (unpaired) electrons. The van der Waals surface area contributed by atoms with Gasteiger partial charge in [0.25, 0.3) is 0 Å². The summed E-state index contributed by atoms with van der Waals surface area (Å²) in [6.45, 7) is 13.3. The minimum absolute atomic E-state index is 0. The van der Waals surface area contributed by atoms with Gasteiger partial charge in [0.05, 0.1) is 0 Å². The average Bonchev–Trinajstić information content (AvgIpc) is 2.97. The first-order valence-electron chi connectivity index (χ1n) is 7.44. The van der Waals surface area contributed by atoms with E-state index < -0.39 is 0 Å². The van der Waals surface area contributed by atoms with Crippen LogP contribution in [0, 0.1) is 12.2 Å². The van der Waals surface area contributed by atoms with Gasteiger partial charge in [0.15, 0.2) is 0 Å². The number of halogens is 2. The largest absolute Gasteiger partial charge is 1.00 e. The molecule has 0 fully saturated rings. The Morgan fingerprint density at radius 3 is 1.27 bits per heavy atom. The van der Waals surface area contributed by atoms with E-state index in [1.165, 1.54) is 45.3 Å². The summed E-state index contributed by atoms with van der Waals surface area (Å²) in [4.78, 5) is 0. The fourth-order valence-electron chi connectivity index (χ4n) is 1.76. The van der Waals surface area contributed by atoms with E-state index in [1.54, 1.807) is 0 Å². The third-order valence-electron chi connectivity index (χ3n) is 2.79. The van der Waals surface area contributed by atoms with Crippen molar-refractivity contribution in [1.82, 2.24) is 0 Å². The van der Waals surface area contributed by atoms with Crippen LogP contribution in [0.25, 0.3) is 0 Å². The van der Waals surface area contributed by atoms with E-state index in [0.717, 1.165) is 25.7 Å². The number of allylic oxidation sites excluding steroid dienone is 8. The second kappa shape index (κ2) is 16.5. The molecule has 0 N–H and O–H groups in total. The molecule has 124 valence electrons. The zero-order valence-corrected chi connectivity index (χ0v) is 20.8. The van der Waals surface area contributed by atoms with Gasteiger partial charge >= 0.3 is 41.6 Å². The topological polar surface area (TPSA) is 0 Å². The van der Waals surface area contributed by atoms with Crippen LogP contribution in [0.1, 0.15) is 53.4 Å². The SMILES string of the molecule is CCC1=[C-]CC(C)=C1.CCC1=[C-]CC(C)=C1.C[Si](C)=[Hf+2].[Cl-].[Cl-]. The Hall–Kier alpha value is 0.627. The van der Waals surface area contributed by atoms with Crippen LogP contribution in [-0.2, 0) is 23.0 Å². The quantitative estimate of drug-likeness (QED) is 0.347. The Morgan fingerprint density at radius 1 is 0.909 bits per heavy atom.